The number of nitrogens with zero attached hydrogens (tertiary/aromatic N) is 1. The van der Waals surface area contributed by atoms with E-state index in [0.29, 0.717) is 12.2 Å². The van der Waals surface area contributed by atoms with Crippen LogP contribution < -0.4 is 5.32 Å². The van der Waals surface area contributed by atoms with E-state index in [1.54, 1.807) is 11.8 Å². The highest BCUT2D eigenvalue weighted by Crippen LogP contribution is 2.14. The number of morpholine rings is 1. The second kappa shape index (κ2) is 9.56. The number of hydrogen-bond donors (Lipinski definition) is 1. The molecule has 0 aliphatic carbocycles. The first kappa shape index (κ1) is 17.8. The third kappa shape index (κ3) is 6.29. The second-order valence-corrected chi connectivity index (χ2v) is 7.13. The summed E-state index contributed by atoms with van der Waals surface area (Å²) < 4.78 is 5.77. The smallest absolute Gasteiger partial charge is 0.0678 e. The van der Waals surface area contributed by atoms with Crippen molar-refractivity contribution in [2.24, 2.45) is 0 Å². The lowest BCUT2D eigenvalue weighted by Crippen LogP contribution is -2.45. The molecule has 0 aromatic heterocycles. The van der Waals surface area contributed by atoms with Gasteiger partial charge in [0.2, 0.25) is 0 Å². The van der Waals surface area contributed by atoms with E-state index in [9.17, 15) is 0 Å². The normalized spacial score (nSPS) is 22.9. The quantitative estimate of drug-likeness (QED) is 0.586. The predicted molar refractivity (Wildman–Crippen MR) is 95.6 cm³/mol. The highest BCUT2D eigenvalue weighted by Gasteiger charge is 2.21. The largest absolute Gasteiger partial charge is 0.373 e. The van der Waals surface area contributed by atoms with Gasteiger partial charge >= 0.3 is 0 Å². The van der Waals surface area contributed by atoms with Gasteiger partial charge in [0.05, 0.1) is 12.2 Å². The molecule has 1 fully saturated rings. The van der Waals surface area contributed by atoms with Gasteiger partial charge in [-0.1, -0.05) is 12.1 Å². The monoisotopic (exact) mass is 322 g/mol. The molecule has 4 heteroatoms. The van der Waals surface area contributed by atoms with Gasteiger partial charge in [-0.25, -0.2) is 0 Å². The van der Waals surface area contributed by atoms with Crippen LogP contribution in [0.15, 0.2) is 29.2 Å². The molecule has 2 rings (SSSR count). The van der Waals surface area contributed by atoms with Crippen molar-refractivity contribution < 1.29 is 4.74 Å². The third-order valence-electron chi connectivity index (χ3n) is 4.06. The summed E-state index contributed by atoms with van der Waals surface area (Å²) in [6.07, 6.45) is 5.38. The van der Waals surface area contributed by atoms with Gasteiger partial charge < -0.3 is 10.1 Å². The lowest BCUT2D eigenvalue weighted by Gasteiger charge is -2.35. The number of benzene rings is 1. The van der Waals surface area contributed by atoms with Crippen LogP contribution in [0.25, 0.3) is 0 Å². The molecule has 1 aliphatic heterocycles. The fourth-order valence-corrected chi connectivity index (χ4v) is 3.44. The summed E-state index contributed by atoms with van der Waals surface area (Å²) in [6, 6.07) is 8.83. The Morgan fingerprint density at radius 1 is 1.14 bits per heavy atom. The molecule has 1 aromatic carbocycles. The van der Waals surface area contributed by atoms with Crippen molar-refractivity contribution in [3.63, 3.8) is 0 Å². The zero-order chi connectivity index (χ0) is 15.8. The third-order valence-corrected chi connectivity index (χ3v) is 4.80. The Balaban J connectivity index is 1.53. The molecule has 2 atom stereocenters. The van der Waals surface area contributed by atoms with Gasteiger partial charge in [0.15, 0.2) is 0 Å². The number of ether oxygens (including phenoxy) is 1. The topological polar surface area (TPSA) is 24.5 Å². The molecule has 0 spiro atoms. The zero-order valence-corrected chi connectivity index (χ0v) is 15.0. The first-order chi connectivity index (χ1) is 10.7. The molecule has 1 aliphatic rings. The van der Waals surface area contributed by atoms with E-state index in [2.05, 4.69) is 54.6 Å². The molecule has 1 saturated heterocycles. The summed E-state index contributed by atoms with van der Waals surface area (Å²) in [7, 11) is 0. The number of thioether (sulfide) groups is 1. The van der Waals surface area contributed by atoms with Gasteiger partial charge in [0.1, 0.15) is 0 Å². The zero-order valence-electron chi connectivity index (χ0n) is 14.2. The maximum Gasteiger partial charge on any atom is 0.0678 e. The van der Waals surface area contributed by atoms with Crippen LogP contribution in [0.1, 0.15) is 32.3 Å². The maximum atomic E-state index is 5.77. The highest BCUT2D eigenvalue weighted by atomic mass is 32.2. The first-order valence-corrected chi connectivity index (χ1v) is 9.61. The minimum atomic E-state index is 0.381. The number of unbranched alkanes of at least 4 members (excludes halogenated alkanes) is 1. The minimum Gasteiger partial charge on any atom is -0.373 e. The molecule has 0 radical (unpaired) electrons. The van der Waals surface area contributed by atoms with Gasteiger partial charge in [0, 0.05) is 24.5 Å². The maximum absolute atomic E-state index is 5.77. The van der Waals surface area contributed by atoms with E-state index in [1.807, 2.05) is 0 Å². The molecule has 0 amide bonds. The van der Waals surface area contributed by atoms with E-state index in [1.165, 1.54) is 29.8 Å². The molecule has 1 aromatic rings. The van der Waals surface area contributed by atoms with Gasteiger partial charge in [0.25, 0.3) is 0 Å². The Kier molecular flexibility index (Phi) is 7.73. The van der Waals surface area contributed by atoms with Crippen LogP contribution in [0.2, 0.25) is 0 Å². The van der Waals surface area contributed by atoms with Crippen LogP contribution in [0, 0.1) is 0 Å². The standard InChI is InChI=1S/C18H30N2OS/c1-15-13-20(14-16(2)21-15)11-5-4-10-19-12-17-6-8-18(22-3)9-7-17/h6-9,15-16,19H,4-5,10-14H2,1-3H3. The van der Waals surface area contributed by atoms with E-state index >= 15 is 0 Å². The van der Waals surface area contributed by atoms with Gasteiger partial charge in [-0.05, 0) is 63.7 Å². The van der Waals surface area contributed by atoms with Crippen LogP contribution in [-0.4, -0.2) is 49.5 Å². The Hall–Kier alpha value is -0.550. The molecule has 1 N–H and O–H groups in total. The van der Waals surface area contributed by atoms with Crippen LogP contribution in [0.5, 0.6) is 0 Å². The molecule has 3 nitrogen and oxygen atoms in total. The van der Waals surface area contributed by atoms with Crippen molar-refractivity contribution in [2.75, 3.05) is 32.4 Å². The fraction of sp³-hybridized carbons (Fsp3) is 0.667. The summed E-state index contributed by atoms with van der Waals surface area (Å²) >= 11 is 1.79. The predicted octanol–water partition coefficient (Wildman–Crippen LogP) is 3.39. The lowest BCUT2D eigenvalue weighted by atomic mass is 10.2. The fourth-order valence-electron chi connectivity index (χ4n) is 3.03. The molecule has 124 valence electrons. The van der Waals surface area contributed by atoms with Crippen molar-refractivity contribution in [3.8, 4) is 0 Å². The summed E-state index contributed by atoms with van der Waals surface area (Å²) in [5.41, 5.74) is 1.37. The second-order valence-electron chi connectivity index (χ2n) is 6.25. The van der Waals surface area contributed by atoms with Crippen molar-refractivity contribution in [1.82, 2.24) is 10.2 Å². The molecule has 0 saturated carbocycles. The lowest BCUT2D eigenvalue weighted by molar-refractivity contribution is -0.0681. The average molecular weight is 323 g/mol. The number of nitrogens with one attached hydrogen (secondary N) is 1. The van der Waals surface area contributed by atoms with Crippen molar-refractivity contribution in [3.05, 3.63) is 29.8 Å². The van der Waals surface area contributed by atoms with Crippen molar-refractivity contribution in [2.45, 2.75) is 50.3 Å². The van der Waals surface area contributed by atoms with Crippen LogP contribution in [0.3, 0.4) is 0 Å². The first-order valence-electron chi connectivity index (χ1n) is 8.39. The Morgan fingerprint density at radius 2 is 1.82 bits per heavy atom. The van der Waals surface area contributed by atoms with E-state index in [0.717, 1.165) is 26.2 Å². The number of rotatable bonds is 8. The van der Waals surface area contributed by atoms with Crippen LogP contribution in [0.4, 0.5) is 0 Å². The van der Waals surface area contributed by atoms with Gasteiger partial charge in [-0.3, -0.25) is 4.90 Å². The SMILES string of the molecule is CSc1ccc(CNCCCCN2CC(C)OC(C)C2)cc1. The molecular formula is C18H30N2OS. The van der Waals surface area contributed by atoms with Crippen molar-refractivity contribution in [1.29, 1.82) is 0 Å². The van der Waals surface area contributed by atoms with Gasteiger partial charge in [-0.2, -0.15) is 0 Å². The van der Waals surface area contributed by atoms with Crippen molar-refractivity contribution >= 4 is 11.8 Å². The number of hydrogen-bond acceptors (Lipinski definition) is 4. The summed E-state index contributed by atoms with van der Waals surface area (Å²) in [5, 5.41) is 3.54. The highest BCUT2D eigenvalue weighted by molar-refractivity contribution is 7.98. The Bertz CT molecular complexity index is 414. The molecule has 1 heterocycles. The molecule has 2 unspecified atom stereocenters. The molecule has 0 bridgehead atoms. The summed E-state index contributed by atoms with van der Waals surface area (Å²) in [5.74, 6) is 0. The summed E-state index contributed by atoms with van der Waals surface area (Å²) in [6.45, 7) is 9.78. The summed E-state index contributed by atoms with van der Waals surface area (Å²) in [4.78, 5) is 3.87. The van der Waals surface area contributed by atoms with Crippen LogP contribution in [-0.2, 0) is 11.3 Å². The van der Waals surface area contributed by atoms with Crippen LogP contribution >= 0.6 is 11.8 Å². The van der Waals surface area contributed by atoms with Gasteiger partial charge in [-0.15, -0.1) is 11.8 Å². The van der Waals surface area contributed by atoms with E-state index in [-0.39, 0.29) is 0 Å². The molecule has 22 heavy (non-hydrogen) atoms. The Morgan fingerprint density at radius 3 is 2.45 bits per heavy atom. The van der Waals surface area contributed by atoms with E-state index < -0.39 is 0 Å². The minimum absolute atomic E-state index is 0.381. The average Bonchev–Trinajstić information content (AvgIpc) is 2.50. The molecular weight excluding hydrogens is 292 g/mol. The van der Waals surface area contributed by atoms with E-state index in [4.69, 9.17) is 4.74 Å². The Labute approximate surface area is 139 Å².